The number of carbonyl (C=O) groups is 1. The molecule has 1 N–H and O–H groups in total. The summed E-state index contributed by atoms with van der Waals surface area (Å²) >= 11 is 1.35. The largest absolute Gasteiger partial charge is 0.480 e. The number of nitro groups is 1. The number of nitrogens with zero attached hydrogens (tertiary/aromatic N) is 2. The van der Waals surface area contributed by atoms with Gasteiger partial charge in [-0.15, -0.1) is 11.8 Å². The third-order valence-electron chi connectivity index (χ3n) is 2.26. The predicted octanol–water partition coefficient (Wildman–Crippen LogP) is 1.54. The van der Waals surface area contributed by atoms with Gasteiger partial charge in [-0.05, 0) is 12.1 Å². The molecule has 0 bridgehead atoms. The lowest BCUT2D eigenvalue weighted by Gasteiger charge is -1.98. The Morgan fingerprint density at radius 2 is 2.12 bits per heavy atom. The molecule has 0 saturated heterocycles. The summed E-state index contributed by atoms with van der Waals surface area (Å²) in [5.74, 6) is -0.545. The zero-order valence-corrected chi connectivity index (χ0v) is 9.38. The Hall–Kier alpha value is -1.89. The molecule has 2 rings (SSSR count). The number of carboxylic acid groups (broad SMARTS) is 1. The van der Waals surface area contributed by atoms with Crippen molar-refractivity contribution in [1.82, 2.24) is 0 Å². The van der Waals surface area contributed by atoms with Crippen molar-refractivity contribution in [3.8, 4) is 0 Å². The van der Waals surface area contributed by atoms with Gasteiger partial charge in [-0.3, -0.25) is 15.1 Å². The summed E-state index contributed by atoms with van der Waals surface area (Å²) < 4.78 is 0. The fraction of sp³-hybridized carbons (Fsp3) is 0.200. The summed E-state index contributed by atoms with van der Waals surface area (Å²) in [5.41, 5.74) is 0.719. The molecule has 1 atom stereocenters. The van der Waals surface area contributed by atoms with Crippen molar-refractivity contribution < 1.29 is 14.8 Å². The van der Waals surface area contributed by atoms with Crippen LogP contribution >= 0.6 is 11.8 Å². The predicted molar refractivity (Wildman–Crippen MR) is 63.5 cm³/mol. The number of hydrogen-bond acceptors (Lipinski definition) is 5. The number of aliphatic imine (C=N–C) groups is 1. The third kappa shape index (κ3) is 2.44. The van der Waals surface area contributed by atoms with E-state index in [0.717, 1.165) is 0 Å². The van der Waals surface area contributed by atoms with Gasteiger partial charge in [-0.25, -0.2) is 4.79 Å². The highest BCUT2D eigenvalue weighted by Crippen LogP contribution is 2.24. The minimum Gasteiger partial charge on any atom is -0.480 e. The van der Waals surface area contributed by atoms with Crippen molar-refractivity contribution >= 4 is 28.5 Å². The maximum Gasteiger partial charge on any atom is 0.329 e. The number of non-ortho nitro benzene ring substituents is 1. The van der Waals surface area contributed by atoms with Gasteiger partial charge in [0.1, 0.15) is 0 Å². The first-order chi connectivity index (χ1) is 8.08. The molecule has 7 heteroatoms. The van der Waals surface area contributed by atoms with Crippen molar-refractivity contribution in [3.05, 3.63) is 39.9 Å². The molecule has 1 unspecified atom stereocenters. The van der Waals surface area contributed by atoms with Crippen LogP contribution in [0.15, 0.2) is 29.3 Å². The summed E-state index contributed by atoms with van der Waals surface area (Å²) in [6, 6.07) is 5.20. The summed E-state index contributed by atoms with van der Waals surface area (Å²) in [6.45, 7) is 0. The number of carboxylic acids is 1. The molecular weight excluding hydrogens is 244 g/mol. The first-order valence-electron chi connectivity index (χ1n) is 4.76. The van der Waals surface area contributed by atoms with Crippen LogP contribution in [-0.2, 0) is 4.79 Å². The van der Waals surface area contributed by atoms with Gasteiger partial charge >= 0.3 is 5.97 Å². The van der Waals surface area contributed by atoms with Gasteiger partial charge in [-0.1, -0.05) is 0 Å². The monoisotopic (exact) mass is 252 g/mol. The number of hydrogen-bond donors (Lipinski definition) is 1. The van der Waals surface area contributed by atoms with E-state index < -0.39 is 16.9 Å². The second-order valence-corrected chi connectivity index (χ2v) is 4.41. The molecule has 0 fully saturated rings. The van der Waals surface area contributed by atoms with Gasteiger partial charge in [0.25, 0.3) is 5.69 Å². The van der Waals surface area contributed by atoms with Crippen LogP contribution in [0.4, 0.5) is 5.69 Å². The topological polar surface area (TPSA) is 92.8 Å². The molecule has 0 amide bonds. The quantitative estimate of drug-likeness (QED) is 0.650. The highest BCUT2D eigenvalue weighted by molar-refractivity contribution is 8.14. The summed E-state index contributed by atoms with van der Waals surface area (Å²) in [6.07, 6.45) is 0. The highest BCUT2D eigenvalue weighted by atomic mass is 32.2. The number of rotatable bonds is 3. The van der Waals surface area contributed by atoms with Gasteiger partial charge < -0.3 is 5.11 Å². The molecule has 0 aliphatic carbocycles. The van der Waals surface area contributed by atoms with Crippen LogP contribution in [0.1, 0.15) is 5.56 Å². The minimum absolute atomic E-state index is 0.00660. The fourth-order valence-electron chi connectivity index (χ4n) is 1.38. The zero-order valence-electron chi connectivity index (χ0n) is 8.57. The summed E-state index contributed by atoms with van der Waals surface area (Å²) in [7, 11) is 0. The zero-order chi connectivity index (χ0) is 12.4. The van der Waals surface area contributed by atoms with Crippen LogP contribution in [0.25, 0.3) is 0 Å². The number of benzene rings is 1. The Kier molecular flexibility index (Phi) is 3.10. The standard InChI is InChI=1S/C10H8N2O4S/c13-10(14)8-5-17-9(11-8)6-1-3-7(4-2-6)12(15)16/h1-4,8H,5H2,(H,13,14). The van der Waals surface area contributed by atoms with Gasteiger partial charge in [0, 0.05) is 23.4 Å². The molecule has 88 valence electrons. The second kappa shape index (κ2) is 4.54. The molecule has 17 heavy (non-hydrogen) atoms. The lowest BCUT2D eigenvalue weighted by atomic mass is 10.2. The number of nitro benzene ring substituents is 1. The Morgan fingerprint density at radius 1 is 1.47 bits per heavy atom. The average molecular weight is 252 g/mol. The van der Waals surface area contributed by atoms with E-state index in [4.69, 9.17) is 5.11 Å². The van der Waals surface area contributed by atoms with Crippen molar-refractivity contribution in [2.45, 2.75) is 6.04 Å². The molecule has 0 spiro atoms. The number of aliphatic carboxylic acids is 1. The Balaban J connectivity index is 2.21. The number of thioether (sulfide) groups is 1. The van der Waals surface area contributed by atoms with E-state index in [9.17, 15) is 14.9 Å². The van der Waals surface area contributed by atoms with Gasteiger partial charge in [-0.2, -0.15) is 0 Å². The average Bonchev–Trinajstić information content (AvgIpc) is 2.78. The molecule has 1 aliphatic rings. The first kappa shape index (κ1) is 11.6. The Bertz CT molecular complexity index is 498. The van der Waals surface area contributed by atoms with E-state index in [2.05, 4.69) is 4.99 Å². The van der Waals surface area contributed by atoms with E-state index in [0.29, 0.717) is 16.4 Å². The Labute approximate surface area is 101 Å². The SMILES string of the molecule is O=C(O)C1CSC(c2ccc([N+](=O)[O-])cc2)=N1. The highest BCUT2D eigenvalue weighted by Gasteiger charge is 2.25. The molecular formula is C10H8N2O4S. The van der Waals surface area contributed by atoms with E-state index in [-0.39, 0.29) is 5.69 Å². The van der Waals surface area contributed by atoms with Crippen molar-refractivity contribution in [2.75, 3.05) is 5.75 Å². The Morgan fingerprint density at radius 3 is 2.59 bits per heavy atom. The molecule has 1 aromatic carbocycles. The maximum atomic E-state index is 10.7. The van der Waals surface area contributed by atoms with Gasteiger partial charge in [0.15, 0.2) is 6.04 Å². The van der Waals surface area contributed by atoms with E-state index in [1.54, 1.807) is 12.1 Å². The molecule has 1 heterocycles. The van der Waals surface area contributed by atoms with Crippen LogP contribution in [0.5, 0.6) is 0 Å². The summed E-state index contributed by atoms with van der Waals surface area (Å²) in [4.78, 5) is 24.7. The minimum atomic E-state index is -0.950. The van der Waals surface area contributed by atoms with Crippen molar-refractivity contribution in [3.63, 3.8) is 0 Å². The third-order valence-corrected chi connectivity index (χ3v) is 3.36. The molecule has 0 radical (unpaired) electrons. The van der Waals surface area contributed by atoms with Crippen LogP contribution in [-0.4, -0.2) is 32.8 Å². The molecule has 1 aromatic rings. The first-order valence-corrected chi connectivity index (χ1v) is 5.74. The maximum absolute atomic E-state index is 10.7. The van der Waals surface area contributed by atoms with Crippen LogP contribution < -0.4 is 0 Å². The van der Waals surface area contributed by atoms with Gasteiger partial charge in [0.2, 0.25) is 0 Å². The molecule has 6 nitrogen and oxygen atoms in total. The van der Waals surface area contributed by atoms with Crippen LogP contribution in [0.2, 0.25) is 0 Å². The van der Waals surface area contributed by atoms with Crippen molar-refractivity contribution in [2.24, 2.45) is 4.99 Å². The molecule has 0 saturated carbocycles. The smallest absolute Gasteiger partial charge is 0.329 e. The van der Waals surface area contributed by atoms with Crippen LogP contribution in [0, 0.1) is 10.1 Å². The second-order valence-electron chi connectivity index (χ2n) is 3.40. The lowest BCUT2D eigenvalue weighted by Crippen LogP contribution is -2.17. The van der Waals surface area contributed by atoms with E-state index in [1.165, 1.54) is 23.9 Å². The lowest BCUT2D eigenvalue weighted by molar-refractivity contribution is -0.384. The molecule has 0 aromatic heterocycles. The van der Waals surface area contributed by atoms with Crippen LogP contribution in [0.3, 0.4) is 0 Å². The van der Waals surface area contributed by atoms with E-state index >= 15 is 0 Å². The van der Waals surface area contributed by atoms with Crippen molar-refractivity contribution in [1.29, 1.82) is 0 Å². The molecule has 1 aliphatic heterocycles. The fourth-order valence-corrected chi connectivity index (χ4v) is 2.42. The van der Waals surface area contributed by atoms with Gasteiger partial charge in [0.05, 0.1) is 9.97 Å². The normalized spacial score (nSPS) is 18.8. The summed E-state index contributed by atoms with van der Waals surface area (Å²) in [5, 5.41) is 19.9. The van der Waals surface area contributed by atoms with E-state index in [1.807, 2.05) is 0 Å².